The van der Waals surface area contributed by atoms with Crippen LogP contribution in [0.3, 0.4) is 0 Å². The minimum absolute atomic E-state index is 0.0725. The number of para-hydroxylation sites is 1. The lowest BCUT2D eigenvalue weighted by Gasteiger charge is -2.17. The van der Waals surface area contributed by atoms with E-state index in [0.29, 0.717) is 16.8 Å². The number of amides is 2. The van der Waals surface area contributed by atoms with Crippen LogP contribution in [0.5, 0.6) is 0 Å². The van der Waals surface area contributed by atoms with E-state index in [1.54, 1.807) is 12.2 Å². The second-order valence-electron chi connectivity index (χ2n) is 9.69. The van der Waals surface area contributed by atoms with Gasteiger partial charge in [0.1, 0.15) is 5.56 Å². The lowest BCUT2D eigenvalue weighted by Crippen LogP contribution is -2.33. The quantitative estimate of drug-likeness (QED) is 0.292. The van der Waals surface area contributed by atoms with E-state index in [-0.39, 0.29) is 24.6 Å². The van der Waals surface area contributed by atoms with Gasteiger partial charge in [-0.05, 0) is 47.0 Å². The molecule has 6 rings (SSSR count). The number of carbonyl (C=O) groups is 2. The maximum Gasteiger partial charge on any atom is 0.266 e. The zero-order valence-corrected chi connectivity index (χ0v) is 22.0. The van der Waals surface area contributed by atoms with Crippen LogP contribution in [0.1, 0.15) is 32.6 Å². The average molecular weight is 564 g/mol. The molecular formula is C32H23F2N5O3. The third kappa shape index (κ3) is 5.25. The van der Waals surface area contributed by atoms with Crippen molar-refractivity contribution in [3.05, 3.63) is 141 Å². The van der Waals surface area contributed by atoms with Crippen LogP contribution in [0.25, 0.3) is 17.7 Å². The highest BCUT2D eigenvalue weighted by atomic mass is 19.2. The molecule has 0 saturated heterocycles. The maximum atomic E-state index is 13.5. The van der Waals surface area contributed by atoms with Crippen LogP contribution >= 0.6 is 0 Å². The Labute approximate surface area is 238 Å². The first-order valence-corrected chi connectivity index (χ1v) is 13.0. The molecule has 208 valence electrons. The van der Waals surface area contributed by atoms with Crippen LogP contribution in [0.15, 0.2) is 95.8 Å². The van der Waals surface area contributed by atoms with Crippen molar-refractivity contribution in [2.45, 2.75) is 6.54 Å². The van der Waals surface area contributed by atoms with E-state index in [2.05, 4.69) is 20.9 Å². The second-order valence-corrected chi connectivity index (χ2v) is 9.69. The molecule has 2 aliphatic heterocycles. The van der Waals surface area contributed by atoms with Crippen LogP contribution in [-0.4, -0.2) is 27.9 Å². The molecule has 4 aromatic rings. The van der Waals surface area contributed by atoms with Gasteiger partial charge >= 0.3 is 0 Å². The second kappa shape index (κ2) is 11.1. The van der Waals surface area contributed by atoms with E-state index in [4.69, 9.17) is 0 Å². The average Bonchev–Trinajstić information content (AvgIpc) is 3.32. The zero-order valence-electron chi connectivity index (χ0n) is 22.0. The highest BCUT2D eigenvalue weighted by Crippen LogP contribution is 2.37. The molecule has 3 heterocycles. The molecule has 0 spiro atoms. The third-order valence-electron chi connectivity index (χ3n) is 6.89. The molecule has 1 aromatic heterocycles. The number of hydrogen-bond donors (Lipinski definition) is 3. The lowest BCUT2D eigenvalue weighted by atomic mass is 10.00. The number of nitrogens with zero attached hydrogens (tertiary/aromatic N) is 2. The Morgan fingerprint density at radius 3 is 2.67 bits per heavy atom. The summed E-state index contributed by atoms with van der Waals surface area (Å²) in [6.45, 7) is 0.0557. The fourth-order valence-electron chi connectivity index (χ4n) is 4.82. The Morgan fingerprint density at radius 2 is 1.81 bits per heavy atom. The van der Waals surface area contributed by atoms with Gasteiger partial charge in [-0.1, -0.05) is 54.6 Å². The molecular weight excluding hydrogens is 540 g/mol. The zero-order chi connectivity index (χ0) is 29.2. The van der Waals surface area contributed by atoms with Crippen LogP contribution in [0.2, 0.25) is 0 Å². The van der Waals surface area contributed by atoms with Crippen LogP contribution in [0.4, 0.5) is 20.2 Å². The molecule has 0 atom stereocenters. The van der Waals surface area contributed by atoms with Gasteiger partial charge in [-0.2, -0.15) is 0 Å². The molecule has 0 saturated carbocycles. The summed E-state index contributed by atoms with van der Waals surface area (Å²) >= 11 is 0. The molecule has 0 radical (unpaired) electrons. The van der Waals surface area contributed by atoms with E-state index in [1.165, 1.54) is 12.4 Å². The first kappa shape index (κ1) is 26.6. The predicted molar refractivity (Wildman–Crippen MR) is 156 cm³/mol. The van der Waals surface area contributed by atoms with E-state index in [9.17, 15) is 23.2 Å². The number of benzene rings is 3. The number of halogens is 2. The Kier molecular flexibility index (Phi) is 7.02. The molecule has 0 unspecified atom stereocenters. The van der Waals surface area contributed by atoms with Crippen LogP contribution in [0, 0.1) is 11.6 Å². The van der Waals surface area contributed by atoms with Crippen molar-refractivity contribution in [3.63, 3.8) is 0 Å². The van der Waals surface area contributed by atoms with Gasteiger partial charge in [0.15, 0.2) is 11.6 Å². The number of hydrogen-bond acceptors (Lipinski definition) is 5. The summed E-state index contributed by atoms with van der Waals surface area (Å²) in [7, 11) is 0. The number of fused-ring (bicyclic) bond motifs is 2. The predicted octanol–water partition coefficient (Wildman–Crippen LogP) is 4.82. The summed E-state index contributed by atoms with van der Waals surface area (Å²) in [6, 6.07) is 16.7. The molecule has 0 aliphatic carbocycles. The first-order valence-electron chi connectivity index (χ1n) is 13.0. The monoisotopic (exact) mass is 563 g/mol. The van der Waals surface area contributed by atoms with Crippen molar-refractivity contribution in [1.29, 1.82) is 0 Å². The fourth-order valence-corrected chi connectivity index (χ4v) is 4.82. The van der Waals surface area contributed by atoms with Gasteiger partial charge in [0.2, 0.25) is 0 Å². The van der Waals surface area contributed by atoms with Crippen molar-refractivity contribution in [2.75, 3.05) is 17.2 Å². The number of nitrogens with one attached hydrogen (secondary N) is 3. The molecule has 3 N–H and O–H groups in total. The van der Waals surface area contributed by atoms with Crippen LogP contribution in [-0.2, 0) is 11.3 Å². The topological polar surface area (TPSA) is 105 Å². The Hall–Kier alpha value is -5.64. The van der Waals surface area contributed by atoms with Crippen molar-refractivity contribution in [3.8, 4) is 0 Å². The Balaban J connectivity index is 1.11. The van der Waals surface area contributed by atoms with Crippen LogP contribution < -0.4 is 21.5 Å². The highest BCUT2D eigenvalue weighted by molar-refractivity contribution is 6.33. The SMILES string of the molecule is O=C1Nc2cc(/C=C/CNC(=O)c3cncn(Cc4ccc(F)c(F)c4)c3=O)ccc2/C1=C1\C=Cc2ccccc2N1. The summed E-state index contributed by atoms with van der Waals surface area (Å²) < 4.78 is 27.9. The van der Waals surface area contributed by atoms with Crippen molar-refractivity contribution < 1.29 is 18.4 Å². The minimum atomic E-state index is -1.03. The summed E-state index contributed by atoms with van der Waals surface area (Å²) in [5, 5.41) is 8.91. The lowest BCUT2D eigenvalue weighted by molar-refractivity contribution is -0.110. The van der Waals surface area contributed by atoms with Gasteiger partial charge in [-0.25, -0.2) is 13.8 Å². The molecule has 2 amide bonds. The van der Waals surface area contributed by atoms with Gasteiger partial charge in [0.05, 0.1) is 24.1 Å². The Bertz CT molecular complexity index is 1910. The maximum absolute atomic E-state index is 13.5. The summed E-state index contributed by atoms with van der Waals surface area (Å²) in [5.41, 5.74) is 5.09. The molecule has 2 aliphatic rings. The van der Waals surface area contributed by atoms with E-state index in [1.807, 2.05) is 54.6 Å². The largest absolute Gasteiger partial charge is 0.354 e. The van der Waals surface area contributed by atoms with Crippen molar-refractivity contribution in [1.82, 2.24) is 14.9 Å². The van der Waals surface area contributed by atoms with Gasteiger partial charge in [-0.15, -0.1) is 0 Å². The summed E-state index contributed by atoms with van der Waals surface area (Å²) in [6.07, 6.45) is 9.76. The van der Waals surface area contributed by atoms with E-state index >= 15 is 0 Å². The molecule has 8 nitrogen and oxygen atoms in total. The van der Waals surface area contributed by atoms with Crippen molar-refractivity contribution >= 4 is 40.9 Å². The molecule has 10 heteroatoms. The summed E-state index contributed by atoms with van der Waals surface area (Å²) in [4.78, 5) is 42.2. The van der Waals surface area contributed by atoms with E-state index < -0.39 is 23.1 Å². The van der Waals surface area contributed by atoms with E-state index in [0.717, 1.165) is 51.0 Å². The highest BCUT2D eigenvalue weighted by Gasteiger charge is 2.28. The molecule has 0 fully saturated rings. The number of anilines is 2. The molecule has 42 heavy (non-hydrogen) atoms. The van der Waals surface area contributed by atoms with Gasteiger partial charge in [0, 0.05) is 29.7 Å². The number of allylic oxidation sites excluding steroid dienone is 1. The standard InChI is InChI=1S/C32H23F2N5O3/c33-24-11-8-20(14-25(24)34)17-39-18-35-16-23(32(39)42)30(40)36-13-3-4-19-7-10-22-28(15-19)38-31(41)29(22)27-12-9-21-5-1-2-6-26(21)37-27/h1-12,14-16,18,37H,13,17H2,(H,36,40)(H,38,41)/b4-3+,29-27-. The Morgan fingerprint density at radius 1 is 0.952 bits per heavy atom. The minimum Gasteiger partial charge on any atom is -0.354 e. The number of aromatic nitrogens is 2. The van der Waals surface area contributed by atoms with Gasteiger partial charge in [0.25, 0.3) is 17.4 Å². The summed E-state index contributed by atoms with van der Waals surface area (Å²) in [5.74, 6) is -2.83. The third-order valence-corrected chi connectivity index (χ3v) is 6.89. The van der Waals surface area contributed by atoms with Gasteiger partial charge < -0.3 is 16.0 Å². The van der Waals surface area contributed by atoms with Gasteiger partial charge in [-0.3, -0.25) is 19.0 Å². The number of carbonyl (C=O) groups excluding carboxylic acids is 2. The number of rotatable bonds is 6. The molecule has 3 aromatic carbocycles. The normalized spacial score (nSPS) is 15.2. The smallest absolute Gasteiger partial charge is 0.266 e. The fraction of sp³-hybridized carbons (Fsp3) is 0.0625. The first-order chi connectivity index (χ1) is 20.4. The van der Waals surface area contributed by atoms with Crippen molar-refractivity contribution in [2.24, 2.45) is 0 Å². The molecule has 0 bridgehead atoms.